The van der Waals surface area contributed by atoms with Crippen LogP contribution in [-0.2, 0) is 6.18 Å². The number of terminal acetylenes is 1. The smallest absolute Gasteiger partial charge is 0.423 e. The summed E-state index contributed by atoms with van der Waals surface area (Å²) in [7, 11) is 1.49. The summed E-state index contributed by atoms with van der Waals surface area (Å²) in [5.74, 6) is 2.27. The fourth-order valence-electron chi connectivity index (χ4n) is 1.69. The third kappa shape index (κ3) is 3.11. The van der Waals surface area contributed by atoms with Crippen LogP contribution in [0.5, 0.6) is 11.6 Å². The zero-order valence-electron chi connectivity index (χ0n) is 11.0. The Morgan fingerprint density at radius 1 is 1.29 bits per heavy atom. The molecule has 0 spiro atoms. The van der Waals surface area contributed by atoms with Crippen molar-refractivity contribution in [1.29, 1.82) is 0 Å². The molecule has 1 heterocycles. The van der Waals surface area contributed by atoms with Crippen molar-refractivity contribution < 1.29 is 22.6 Å². The molecule has 0 aliphatic heterocycles. The Labute approximate surface area is 119 Å². The molecule has 0 aliphatic carbocycles. The molecular formula is C14H11F3N2O2. The SMILES string of the molecule is C#CCOc1c(C(F)(F)F)cnn1-c1ccc(OC)cc1. The minimum absolute atomic E-state index is 0.287. The topological polar surface area (TPSA) is 36.3 Å². The quantitative estimate of drug-likeness (QED) is 0.814. The van der Waals surface area contributed by atoms with E-state index in [0.29, 0.717) is 17.6 Å². The lowest BCUT2D eigenvalue weighted by molar-refractivity contribution is -0.138. The Morgan fingerprint density at radius 2 is 1.95 bits per heavy atom. The van der Waals surface area contributed by atoms with Crippen LogP contribution in [-0.4, -0.2) is 23.5 Å². The van der Waals surface area contributed by atoms with E-state index in [9.17, 15) is 13.2 Å². The normalized spacial score (nSPS) is 11.0. The first-order valence-electron chi connectivity index (χ1n) is 5.83. The standard InChI is InChI=1S/C14H11F3N2O2/c1-3-8-21-13-12(14(15,16)17)9-18-19(13)10-4-6-11(20-2)7-5-10/h1,4-7,9H,8H2,2H3. The predicted molar refractivity (Wildman–Crippen MR) is 69.4 cm³/mol. The lowest BCUT2D eigenvalue weighted by Gasteiger charge is -2.11. The molecule has 21 heavy (non-hydrogen) atoms. The molecule has 0 aliphatic rings. The van der Waals surface area contributed by atoms with Gasteiger partial charge in [-0.3, -0.25) is 0 Å². The highest BCUT2D eigenvalue weighted by molar-refractivity contribution is 5.42. The first-order valence-corrected chi connectivity index (χ1v) is 5.83. The lowest BCUT2D eigenvalue weighted by Crippen LogP contribution is -2.10. The van der Waals surface area contributed by atoms with Gasteiger partial charge in [-0.2, -0.15) is 18.3 Å². The van der Waals surface area contributed by atoms with Crippen LogP contribution in [0.25, 0.3) is 5.69 Å². The minimum atomic E-state index is -4.57. The highest BCUT2D eigenvalue weighted by atomic mass is 19.4. The number of alkyl halides is 3. The van der Waals surface area contributed by atoms with Crippen molar-refractivity contribution in [3.8, 4) is 29.7 Å². The van der Waals surface area contributed by atoms with E-state index in [0.717, 1.165) is 4.68 Å². The number of hydrogen-bond donors (Lipinski definition) is 0. The number of halogens is 3. The molecule has 0 atom stereocenters. The highest BCUT2D eigenvalue weighted by Crippen LogP contribution is 2.37. The first-order chi connectivity index (χ1) is 9.97. The van der Waals surface area contributed by atoms with E-state index in [1.54, 1.807) is 24.3 Å². The Morgan fingerprint density at radius 3 is 2.48 bits per heavy atom. The lowest BCUT2D eigenvalue weighted by atomic mass is 10.3. The van der Waals surface area contributed by atoms with Crippen LogP contribution in [0.15, 0.2) is 30.5 Å². The third-order valence-electron chi connectivity index (χ3n) is 2.64. The average molecular weight is 296 g/mol. The van der Waals surface area contributed by atoms with Gasteiger partial charge < -0.3 is 9.47 Å². The van der Waals surface area contributed by atoms with Crippen molar-refractivity contribution in [2.75, 3.05) is 13.7 Å². The van der Waals surface area contributed by atoms with Gasteiger partial charge in [-0.15, -0.1) is 6.42 Å². The first kappa shape index (κ1) is 14.8. The molecule has 4 nitrogen and oxygen atoms in total. The van der Waals surface area contributed by atoms with E-state index in [-0.39, 0.29) is 6.61 Å². The minimum Gasteiger partial charge on any atom is -0.497 e. The van der Waals surface area contributed by atoms with Gasteiger partial charge in [0.05, 0.1) is 19.0 Å². The number of benzene rings is 1. The largest absolute Gasteiger partial charge is 0.497 e. The molecule has 0 amide bonds. The Hall–Kier alpha value is -2.62. The molecule has 2 aromatic rings. The monoisotopic (exact) mass is 296 g/mol. The van der Waals surface area contributed by atoms with Crippen molar-refractivity contribution in [3.05, 3.63) is 36.0 Å². The molecule has 7 heteroatoms. The fourth-order valence-corrected chi connectivity index (χ4v) is 1.69. The van der Waals surface area contributed by atoms with Crippen molar-refractivity contribution in [1.82, 2.24) is 9.78 Å². The molecule has 0 bridgehead atoms. The highest BCUT2D eigenvalue weighted by Gasteiger charge is 2.37. The van der Waals surface area contributed by atoms with Gasteiger partial charge in [-0.25, -0.2) is 4.68 Å². The van der Waals surface area contributed by atoms with Gasteiger partial charge in [0.25, 0.3) is 0 Å². The molecular weight excluding hydrogens is 285 g/mol. The summed E-state index contributed by atoms with van der Waals surface area (Å²) in [5, 5.41) is 3.72. The number of rotatable bonds is 4. The fraction of sp³-hybridized carbons (Fsp3) is 0.214. The Bertz CT molecular complexity index is 654. The summed E-state index contributed by atoms with van der Waals surface area (Å²) in [6, 6.07) is 6.34. The second-order valence-corrected chi connectivity index (χ2v) is 3.96. The molecule has 0 N–H and O–H groups in total. The molecule has 0 unspecified atom stereocenters. The molecule has 0 saturated carbocycles. The van der Waals surface area contributed by atoms with Crippen LogP contribution in [0.3, 0.4) is 0 Å². The molecule has 2 rings (SSSR count). The summed E-state index contributed by atoms with van der Waals surface area (Å²) in [5.41, 5.74) is -0.577. The van der Waals surface area contributed by atoms with Gasteiger partial charge in [0.1, 0.15) is 11.3 Å². The zero-order valence-corrected chi connectivity index (χ0v) is 11.0. The molecule has 1 aromatic heterocycles. The van der Waals surface area contributed by atoms with Crippen LogP contribution in [0.1, 0.15) is 5.56 Å². The second kappa shape index (κ2) is 5.79. The number of ether oxygens (including phenoxy) is 2. The maximum Gasteiger partial charge on any atom is 0.423 e. The Kier molecular flexibility index (Phi) is 4.08. The summed E-state index contributed by atoms with van der Waals surface area (Å²) < 4.78 is 49.8. The summed E-state index contributed by atoms with van der Waals surface area (Å²) in [6.07, 6.45) is 1.16. The van der Waals surface area contributed by atoms with Crippen molar-refractivity contribution in [2.24, 2.45) is 0 Å². The van der Waals surface area contributed by atoms with E-state index in [1.807, 2.05) is 0 Å². The van der Waals surface area contributed by atoms with Gasteiger partial charge in [-0.1, -0.05) is 5.92 Å². The Balaban J connectivity index is 2.47. The van der Waals surface area contributed by atoms with Crippen LogP contribution in [0.4, 0.5) is 13.2 Å². The third-order valence-corrected chi connectivity index (χ3v) is 2.64. The summed E-state index contributed by atoms with van der Waals surface area (Å²) >= 11 is 0. The van der Waals surface area contributed by atoms with Gasteiger partial charge in [0.2, 0.25) is 5.88 Å². The van der Waals surface area contributed by atoms with E-state index in [1.165, 1.54) is 7.11 Å². The van der Waals surface area contributed by atoms with Crippen LogP contribution < -0.4 is 9.47 Å². The van der Waals surface area contributed by atoms with E-state index < -0.39 is 17.6 Å². The van der Waals surface area contributed by atoms with Crippen LogP contribution >= 0.6 is 0 Å². The molecule has 0 saturated heterocycles. The van der Waals surface area contributed by atoms with Gasteiger partial charge in [0.15, 0.2) is 6.61 Å². The number of hydrogen-bond acceptors (Lipinski definition) is 3. The molecule has 110 valence electrons. The summed E-state index contributed by atoms with van der Waals surface area (Å²) in [6.45, 7) is -0.287. The maximum atomic E-state index is 12.9. The molecule has 1 aromatic carbocycles. The van der Waals surface area contributed by atoms with Gasteiger partial charge in [-0.05, 0) is 24.3 Å². The van der Waals surface area contributed by atoms with Crippen molar-refractivity contribution >= 4 is 0 Å². The number of aromatic nitrogens is 2. The zero-order chi connectivity index (χ0) is 15.5. The van der Waals surface area contributed by atoms with E-state index in [4.69, 9.17) is 15.9 Å². The molecule has 0 fully saturated rings. The van der Waals surface area contributed by atoms with Crippen molar-refractivity contribution in [3.63, 3.8) is 0 Å². The van der Waals surface area contributed by atoms with Crippen LogP contribution in [0, 0.1) is 12.3 Å². The van der Waals surface area contributed by atoms with E-state index >= 15 is 0 Å². The predicted octanol–water partition coefficient (Wildman–Crippen LogP) is 2.91. The van der Waals surface area contributed by atoms with Gasteiger partial charge in [0, 0.05) is 0 Å². The van der Waals surface area contributed by atoms with E-state index in [2.05, 4.69) is 11.0 Å². The number of nitrogens with zero attached hydrogens (tertiary/aromatic N) is 2. The molecule has 0 radical (unpaired) electrons. The van der Waals surface area contributed by atoms with Crippen molar-refractivity contribution in [2.45, 2.75) is 6.18 Å². The second-order valence-electron chi connectivity index (χ2n) is 3.96. The van der Waals surface area contributed by atoms with Gasteiger partial charge >= 0.3 is 6.18 Å². The van der Waals surface area contributed by atoms with Crippen LogP contribution in [0.2, 0.25) is 0 Å². The maximum absolute atomic E-state index is 12.9. The average Bonchev–Trinajstić information content (AvgIpc) is 2.89. The summed E-state index contributed by atoms with van der Waals surface area (Å²) in [4.78, 5) is 0. The number of methoxy groups -OCH3 is 1.